The van der Waals surface area contributed by atoms with Crippen molar-refractivity contribution >= 4 is 14.4 Å². The van der Waals surface area contributed by atoms with E-state index in [1.807, 2.05) is 30.3 Å². The van der Waals surface area contributed by atoms with Crippen LogP contribution in [0.5, 0.6) is 5.75 Å². The SMILES string of the molecule is CO/C=C/c1ccc(O[Si](C)(C)C)cc1. The lowest BCUT2D eigenvalue weighted by Crippen LogP contribution is -2.29. The number of hydrogen-bond donors (Lipinski definition) is 0. The van der Waals surface area contributed by atoms with E-state index in [1.165, 1.54) is 0 Å². The van der Waals surface area contributed by atoms with Crippen LogP contribution in [-0.4, -0.2) is 15.4 Å². The first-order chi connectivity index (χ1) is 7.01. The van der Waals surface area contributed by atoms with Crippen molar-refractivity contribution < 1.29 is 9.16 Å². The van der Waals surface area contributed by atoms with Gasteiger partial charge in [0.15, 0.2) is 0 Å². The second-order valence-electron chi connectivity index (χ2n) is 4.32. The zero-order chi connectivity index (χ0) is 11.3. The van der Waals surface area contributed by atoms with Crippen molar-refractivity contribution in [1.82, 2.24) is 0 Å². The highest BCUT2D eigenvalue weighted by Gasteiger charge is 2.15. The lowest BCUT2D eigenvalue weighted by atomic mass is 10.2. The van der Waals surface area contributed by atoms with E-state index in [0.29, 0.717) is 0 Å². The molecule has 1 aromatic carbocycles. The number of benzene rings is 1. The van der Waals surface area contributed by atoms with Crippen LogP contribution in [0.15, 0.2) is 30.5 Å². The molecule has 0 bridgehead atoms. The van der Waals surface area contributed by atoms with E-state index in [0.717, 1.165) is 11.3 Å². The Morgan fingerprint density at radius 2 is 1.67 bits per heavy atom. The van der Waals surface area contributed by atoms with Gasteiger partial charge in [0.1, 0.15) is 5.75 Å². The summed E-state index contributed by atoms with van der Waals surface area (Å²) in [7, 11) is 0.155. The van der Waals surface area contributed by atoms with Crippen molar-refractivity contribution in [3.63, 3.8) is 0 Å². The third-order valence-electron chi connectivity index (χ3n) is 1.70. The van der Waals surface area contributed by atoms with Crippen molar-refractivity contribution in [3.05, 3.63) is 36.1 Å². The highest BCUT2D eigenvalue weighted by Crippen LogP contribution is 2.17. The molecule has 1 aromatic rings. The highest BCUT2D eigenvalue weighted by atomic mass is 28.4. The third kappa shape index (κ3) is 4.70. The lowest BCUT2D eigenvalue weighted by molar-refractivity contribution is 0.341. The Balaban J connectivity index is 2.68. The minimum Gasteiger partial charge on any atom is -0.544 e. The van der Waals surface area contributed by atoms with E-state index in [9.17, 15) is 0 Å². The van der Waals surface area contributed by atoms with Gasteiger partial charge in [0.2, 0.25) is 8.32 Å². The topological polar surface area (TPSA) is 18.5 Å². The molecule has 0 heterocycles. The molecule has 0 aliphatic rings. The maximum absolute atomic E-state index is 5.84. The molecule has 0 fully saturated rings. The fourth-order valence-corrected chi connectivity index (χ4v) is 1.99. The molecule has 0 aromatic heterocycles. The summed E-state index contributed by atoms with van der Waals surface area (Å²) in [5.74, 6) is 0.948. The van der Waals surface area contributed by atoms with Crippen LogP contribution in [0.25, 0.3) is 6.08 Å². The summed E-state index contributed by atoms with van der Waals surface area (Å²) >= 11 is 0. The van der Waals surface area contributed by atoms with E-state index in [1.54, 1.807) is 13.4 Å². The molecular weight excluding hydrogens is 204 g/mol. The fraction of sp³-hybridized carbons (Fsp3) is 0.333. The minimum atomic E-state index is -1.48. The van der Waals surface area contributed by atoms with Gasteiger partial charge in [-0.2, -0.15) is 0 Å². The van der Waals surface area contributed by atoms with Crippen molar-refractivity contribution in [1.29, 1.82) is 0 Å². The molecule has 0 amide bonds. The van der Waals surface area contributed by atoms with Crippen LogP contribution in [-0.2, 0) is 4.74 Å². The quantitative estimate of drug-likeness (QED) is 0.573. The second kappa shape index (κ2) is 5.03. The molecule has 0 aliphatic carbocycles. The van der Waals surface area contributed by atoms with E-state index < -0.39 is 8.32 Å². The van der Waals surface area contributed by atoms with Gasteiger partial charge in [-0.25, -0.2) is 0 Å². The van der Waals surface area contributed by atoms with E-state index in [2.05, 4.69) is 19.6 Å². The largest absolute Gasteiger partial charge is 0.544 e. The molecular formula is C12H18O2Si. The summed E-state index contributed by atoms with van der Waals surface area (Å²) in [5, 5.41) is 0. The molecule has 0 saturated carbocycles. The number of rotatable bonds is 4. The van der Waals surface area contributed by atoms with Crippen LogP contribution in [0, 0.1) is 0 Å². The average Bonchev–Trinajstić information content (AvgIpc) is 2.14. The van der Waals surface area contributed by atoms with Crippen molar-refractivity contribution in [3.8, 4) is 5.75 Å². The summed E-state index contributed by atoms with van der Waals surface area (Å²) in [6, 6.07) is 8.02. The van der Waals surface area contributed by atoms with E-state index >= 15 is 0 Å². The molecule has 0 N–H and O–H groups in total. The maximum Gasteiger partial charge on any atom is 0.242 e. The number of ether oxygens (including phenoxy) is 1. The van der Waals surface area contributed by atoms with Crippen LogP contribution in [0.1, 0.15) is 5.56 Å². The Morgan fingerprint density at radius 1 is 1.07 bits per heavy atom. The minimum absolute atomic E-state index is 0.948. The Bertz CT molecular complexity index is 322. The Hall–Kier alpha value is -1.22. The van der Waals surface area contributed by atoms with Crippen LogP contribution in [0.4, 0.5) is 0 Å². The van der Waals surface area contributed by atoms with Gasteiger partial charge >= 0.3 is 0 Å². The van der Waals surface area contributed by atoms with Gasteiger partial charge in [0.05, 0.1) is 13.4 Å². The number of methoxy groups -OCH3 is 1. The zero-order valence-electron chi connectivity index (χ0n) is 9.78. The first-order valence-corrected chi connectivity index (χ1v) is 8.40. The Labute approximate surface area is 92.7 Å². The van der Waals surface area contributed by atoms with Gasteiger partial charge in [-0.05, 0) is 43.4 Å². The predicted molar refractivity (Wildman–Crippen MR) is 66.5 cm³/mol. The molecule has 82 valence electrons. The van der Waals surface area contributed by atoms with Gasteiger partial charge in [0.25, 0.3) is 0 Å². The molecule has 0 spiro atoms. The van der Waals surface area contributed by atoms with Crippen LogP contribution >= 0.6 is 0 Å². The molecule has 1 rings (SSSR count). The first kappa shape index (κ1) is 11.8. The van der Waals surface area contributed by atoms with Gasteiger partial charge in [-0.3, -0.25) is 0 Å². The molecule has 0 atom stereocenters. The van der Waals surface area contributed by atoms with Crippen molar-refractivity contribution in [2.75, 3.05) is 7.11 Å². The molecule has 0 aliphatic heterocycles. The third-order valence-corrected chi connectivity index (χ3v) is 2.55. The zero-order valence-corrected chi connectivity index (χ0v) is 10.8. The summed E-state index contributed by atoms with van der Waals surface area (Å²) in [4.78, 5) is 0. The standard InChI is InChI=1S/C12H18O2Si/c1-13-10-9-11-5-7-12(8-6-11)14-15(2,3)4/h5-10H,1-4H3/b10-9+. The maximum atomic E-state index is 5.84. The van der Waals surface area contributed by atoms with Crippen LogP contribution in [0.2, 0.25) is 19.6 Å². The first-order valence-electron chi connectivity index (χ1n) is 5.00. The molecule has 0 unspecified atom stereocenters. The lowest BCUT2D eigenvalue weighted by Gasteiger charge is -2.18. The van der Waals surface area contributed by atoms with Crippen LogP contribution < -0.4 is 4.43 Å². The summed E-state index contributed by atoms with van der Waals surface area (Å²) < 4.78 is 10.7. The van der Waals surface area contributed by atoms with Crippen molar-refractivity contribution in [2.24, 2.45) is 0 Å². The summed E-state index contributed by atoms with van der Waals surface area (Å²) in [6.07, 6.45) is 3.58. The molecule has 15 heavy (non-hydrogen) atoms. The summed E-state index contributed by atoms with van der Waals surface area (Å²) in [6.45, 7) is 6.52. The van der Waals surface area contributed by atoms with E-state index in [-0.39, 0.29) is 0 Å². The number of hydrogen-bond acceptors (Lipinski definition) is 2. The van der Waals surface area contributed by atoms with Gasteiger partial charge in [-0.1, -0.05) is 12.1 Å². The monoisotopic (exact) mass is 222 g/mol. The van der Waals surface area contributed by atoms with E-state index in [4.69, 9.17) is 9.16 Å². The smallest absolute Gasteiger partial charge is 0.242 e. The predicted octanol–water partition coefficient (Wildman–Crippen LogP) is 3.52. The van der Waals surface area contributed by atoms with Gasteiger partial charge in [-0.15, -0.1) is 0 Å². The molecule has 2 nitrogen and oxygen atoms in total. The Kier molecular flexibility index (Phi) is 3.97. The highest BCUT2D eigenvalue weighted by molar-refractivity contribution is 6.70. The van der Waals surface area contributed by atoms with Crippen molar-refractivity contribution in [2.45, 2.75) is 19.6 Å². The van der Waals surface area contributed by atoms with Gasteiger partial charge < -0.3 is 9.16 Å². The normalized spacial score (nSPS) is 11.7. The molecule has 0 radical (unpaired) electrons. The average molecular weight is 222 g/mol. The Morgan fingerprint density at radius 3 is 2.13 bits per heavy atom. The molecule has 0 saturated heterocycles. The second-order valence-corrected chi connectivity index (χ2v) is 8.75. The van der Waals surface area contributed by atoms with Gasteiger partial charge in [0, 0.05) is 0 Å². The summed E-state index contributed by atoms with van der Waals surface area (Å²) in [5.41, 5.74) is 1.11. The molecule has 3 heteroatoms. The fourth-order valence-electron chi connectivity index (χ4n) is 1.15. The van der Waals surface area contributed by atoms with Crippen LogP contribution in [0.3, 0.4) is 0 Å².